The number of carbonyl (C=O) groups is 1. The van der Waals surface area contributed by atoms with E-state index < -0.39 is 23.2 Å². The van der Waals surface area contributed by atoms with Crippen molar-refractivity contribution < 1.29 is 13.9 Å². The third-order valence-electron chi connectivity index (χ3n) is 2.60. The summed E-state index contributed by atoms with van der Waals surface area (Å²) < 4.78 is 18.1. The van der Waals surface area contributed by atoms with Crippen LogP contribution in [0.2, 0.25) is 0 Å². The second-order valence-corrected chi connectivity index (χ2v) is 4.06. The van der Waals surface area contributed by atoms with Gasteiger partial charge in [-0.05, 0) is 12.1 Å². The molecule has 1 aromatic heterocycles. The molecule has 4 nitrogen and oxygen atoms in total. The van der Waals surface area contributed by atoms with Crippen molar-refractivity contribution in [2.45, 2.75) is 25.3 Å². The van der Waals surface area contributed by atoms with Gasteiger partial charge in [0.05, 0.1) is 12.8 Å². The molecular formula is C11H15FN2O2. The highest BCUT2D eigenvalue weighted by molar-refractivity contribution is 5.77. The Hall–Kier alpha value is -1.49. The van der Waals surface area contributed by atoms with Crippen molar-refractivity contribution in [3.05, 3.63) is 29.8 Å². The molecule has 0 fully saturated rings. The van der Waals surface area contributed by atoms with Crippen LogP contribution in [-0.2, 0) is 14.9 Å². The average molecular weight is 226 g/mol. The quantitative estimate of drug-likeness (QED) is 0.781. The Morgan fingerprint density at radius 1 is 1.62 bits per heavy atom. The van der Waals surface area contributed by atoms with Crippen molar-refractivity contribution in [1.82, 2.24) is 4.98 Å². The Morgan fingerprint density at radius 2 is 2.25 bits per heavy atom. The molecule has 0 spiro atoms. The maximum absolute atomic E-state index is 13.5. The number of hydrogen-bond acceptors (Lipinski definition) is 4. The van der Waals surface area contributed by atoms with E-state index in [4.69, 9.17) is 5.73 Å². The number of esters is 1. The van der Waals surface area contributed by atoms with Crippen molar-refractivity contribution >= 4 is 5.97 Å². The van der Waals surface area contributed by atoms with E-state index in [1.165, 1.54) is 25.4 Å². The van der Waals surface area contributed by atoms with Gasteiger partial charge in [0.1, 0.15) is 11.9 Å². The molecule has 1 rings (SSSR count). The molecule has 0 aliphatic heterocycles. The Morgan fingerprint density at radius 3 is 2.75 bits per heavy atom. The van der Waals surface area contributed by atoms with Crippen molar-refractivity contribution in [1.29, 1.82) is 0 Å². The lowest BCUT2D eigenvalue weighted by atomic mass is 9.81. The lowest BCUT2D eigenvalue weighted by molar-refractivity contribution is -0.143. The molecule has 0 bridgehead atoms. The van der Waals surface area contributed by atoms with Crippen LogP contribution in [0.25, 0.3) is 0 Å². The molecule has 0 saturated carbocycles. The van der Waals surface area contributed by atoms with Gasteiger partial charge in [-0.25, -0.2) is 4.39 Å². The normalized spacial score (nSPS) is 13.3. The van der Waals surface area contributed by atoms with E-state index in [-0.39, 0.29) is 5.69 Å². The first-order chi connectivity index (χ1) is 7.41. The number of hydrogen-bond donors (Lipinski definition) is 1. The van der Waals surface area contributed by atoms with Gasteiger partial charge in [-0.3, -0.25) is 9.78 Å². The van der Waals surface area contributed by atoms with Crippen LogP contribution in [0.1, 0.15) is 19.5 Å². The number of rotatable bonds is 3. The first kappa shape index (κ1) is 12.6. The fourth-order valence-electron chi connectivity index (χ4n) is 1.43. The highest BCUT2D eigenvalue weighted by Crippen LogP contribution is 2.26. The summed E-state index contributed by atoms with van der Waals surface area (Å²) in [5.41, 5.74) is 4.97. The topological polar surface area (TPSA) is 65.2 Å². The highest BCUT2D eigenvalue weighted by atomic mass is 19.1. The number of halogens is 1. The van der Waals surface area contributed by atoms with Gasteiger partial charge < -0.3 is 10.5 Å². The van der Waals surface area contributed by atoms with Crippen molar-refractivity contribution in [3.63, 3.8) is 0 Å². The average Bonchev–Trinajstić information content (AvgIpc) is 2.27. The van der Waals surface area contributed by atoms with Crippen LogP contribution in [0.5, 0.6) is 0 Å². The minimum absolute atomic E-state index is 0.160. The minimum Gasteiger partial charge on any atom is -0.468 e. The molecule has 0 radical (unpaired) electrons. The van der Waals surface area contributed by atoms with Crippen molar-refractivity contribution in [3.8, 4) is 0 Å². The Labute approximate surface area is 93.6 Å². The first-order valence-corrected chi connectivity index (χ1v) is 4.85. The molecule has 0 aromatic carbocycles. The second-order valence-electron chi connectivity index (χ2n) is 4.06. The molecule has 2 N–H and O–H groups in total. The molecule has 1 heterocycles. The summed E-state index contributed by atoms with van der Waals surface area (Å²) in [4.78, 5) is 15.3. The summed E-state index contributed by atoms with van der Waals surface area (Å²) in [5.74, 6) is -1.07. The summed E-state index contributed by atoms with van der Waals surface area (Å²) in [6.45, 7) is 3.31. The minimum atomic E-state index is -0.957. The molecule has 0 saturated heterocycles. The van der Waals surface area contributed by atoms with Gasteiger partial charge >= 0.3 is 5.97 Å². The number of nitrogens with two attached hydrogens (primary N) is 1. The molecule has 1 unspecified atom stereocenters. The van der Waals surface area contributed by atoms with Crippen LogP contribution in [0, 0.1) is 5.82 Å². The number of aromatic nitrogens is 1. The first-order valence-electron chi connectivity index (χ1n) is 4.85. The van der Waals surface area contributed by atoms with Crippen LogP contribution < -0.4 is 5.73 Å². The molecule has 0 aliphatic rings. The van der Waals surface area contributed by atoms with Crippen LogP contribution in [0.3, 0.4) is 0 Å². The summed E-state index contributed by atoms with van der Waals surface area (Å²) >= 11 is 0. The molecule has 0 amide bonds. The van der Waals surface area contributed by atoms with Gasteiger partial charge in [0.2, 0.25) is 0 Å². The van der Waals surface area contributed by atoms with Gasteiger partial charge in [0.15, 0.2) is 0 Å². The number of ether oxygens (including phenoxy) is 1. The predicted molar refractivity (Wildman–Crippen MR) is 57.2 cm³/mol. The third-order valence-corrected chi connectivity index (χ3v) is 2.60. The number of pyridine rings is 1. The molecule has 0 aliphatic carbocycles. The van der Waals surface area contributed by atoms with E-state index in [0.29, 0.717) is 0 Å². The standard InChI is InChI=1S/C11H15FN2O2/c1-11(2,8(13)10(15)16-3)9-7(12)5-4-6-14-9/h4-6,8H,13H2,1-3H3. The van der Waals surface area contributed by atoms with Crippen LogP contribution >= 0.6 is 0 Å². The van der Waals surface area contributed by atoms with Crippen molar-refractivity contribution in [2.24, 2.45) is 5.73 Å². The van der Waals surface area contributed by atoms with E-state index in [0.717, 1.165) is 0 Å². The molecule has 16 heavy (non-hydrogen) atoms. The van der Waals surface area contributed by atoms with E-state index >= 15 is 0 Å². The maximum Gasteiger partial charge on any atom is 0.323 e. The van der Waals surface area contributed by atoms with Crippen molar-refractivity contribution in [2.75, 3.05) is 7.11 Å². The van der Waals surface area contributed by atoms with E-state index in [2.05, 4.69) is 9.72 Å². The molecule has 1 atom stereocenters. The zero-order chi connectivity index (χ0) is 12.3. The van der Waals surface area contributed by atoms with Gasteiger partial charge in [-0.2, -0.15) is 0 Å². The fraction of sp³-hybridized carbons (Fsp3) is 0.455. The van der Waals surface area contributed by atoms with Gasteiger partial charge in [0.25, 0.3) is 0 Å². The number of nitrogens with zero attached hydrogens (tertiary/aromatic N) is 1. The van der Waals surface area contributed by atoms with E-state index in [1.54, 1.807) is 13.8 Å². The van der Waals surface area contributed by atoms with Crippen LogP contribution in [0.4, 0.5) is 4.39 Å². The highest BCUT2D eigenvalue weighted by Gasteiger charge is 2.37. The lowest BCUT2D eigenvalue weighted by Crippen LogP contribution is -2.48. The molecule has 1 aromatic rings. The molecule has 5 heteroatoms. The number of methoxy groups -OCH3 is 1. The summed E-state index contributed by atoms with van der Waals surface area (Å²) in [6, 6.07) is 1.81. The summed E-state index contributed by atoms with van der Waals surface area (Å²) in [5, 5.41) is 0. The van der Waals surface area contributed by atoms with Crippen LogP contribution in [0.15, 0.2) is 18.3 Å². The largest absolute Gasteiger partial charge is 0.468 e. The monoisotopic (exact) mass is 226 g/mol. The summed E-state index contributed by atoms with van der Waals surface area (Å²) in [7, 11) is 1.24. The summed E-state index contributed by atoms with van der Waals surface area (Å²) in [6.07, 6.45) is 1.46. The Balaban J connectivity index is 3.11. The maximum atomic E-state index is 13.5. The predicted octanol–water partition coefficient (Wildman–Crippen LogP) is 0.999. The molecular weight excluding hydrogens is 211 g/mol. The van der Waals surface area contributed by atoms with E-state index in [1.807, 2.05) is 0 Å². The Kier molecular flexibility index (Phi) is 3.59. The molecule has 88 valence electrons. The van der Waals surface area contributed by atoms with Crippen LogP contribution in [-0.4, -0.2) is 24.1 Å². The van der Waals surface area contributed by atoms with Gasteiger partial charge in [0, 0.05) is 11.6 Å². The van der Waals surface area contributed by atoms with Gasteiger partial charge in [-0.1, -0.05) is 13.8 Å². The number of carbonyl (C=O) groups excluding carboxylic acids is 1. The lowest BCUT2D eigenvalue weighted by Gasteiger charge is -2.29. The smallest absolute Gasteiger partial charge is 0.323 e. The van der Waals surface area contributed by atoms with E-state index in [9.17, 15) is 9.18 Å². The Bertz CT molecular complexity index is 393. The van der Waals surface area contributed by atoms with Gasteiger partial charge in [-0.15, -0.1) is 0 Å². The second kappa shape index (κ2) is 4.57. The zero-order valence-corrected chi connectivity index (χ0v) is 9.53. The third kappa shape index (κ3) is 2.19. The SMILES string of the molecule is COC(=O)C(N)C(C)(C)c1ncccc1F. The fourth-order valence-corrected chi connectivity index (χ4v) is 1.43. The zero-order valence-electron chi connectivity index (χ0n) is 9.53.